The lowest BCUT2D eigenvalue weighted by atomic mass is 10.2. The van der Waals surface area contributed by atoms with Gasteiger partial charge < -0.3 is 4.57 Å². The van der Waals surface area contributed by atoms with Crippen LogP contribution in [0.1, 0.15) is 27.3 Å². The Labute approximate surface area is 116 Å². The van der Waals surface area contributed by atoms with Crippen molar-refractivity contribution in [1.29, 1.82) is 0 Å². The van der Waals surface area contributed by atoms with Gasteiger partial charge in [0.05, 0.1) is 15.7 Å². The minimum Gasteiger partial charge on any atom is -0.315 e. The molecule has 18 heavy (non-hydrogen) atoms. The van der Waals surface area contributed by atoms with Crippen molar-refractivity contribution >= 4 is 29.5 Å². The summed E-state index contributed by atoms with van der Waals surface area (Å²) in [6.45, 7) is 5.73. The van der Waals surface area contributed by atoms with Gasteiger partial charge in [0.25, 0.3) is 0 Å². The minimum absolute atomic E-state index is 0.574. The van der Waals surface area contributed by atoms with E-state index in [2.05, 4.69) is 0 Å². The van der Waals surface area contributed by atoms with E-state index in [1.807, 2.05) is 43.5 Å². The fraction of sp³-hybridized carbons (Fsp3) is 0.214. The Bertz CT molecular complexity index is 629. The van der Waals surface area contributed by atoms with Crippen LogP contribution in [0.25, 0.3) is 5.69 Å². The summed E-state index contributed by atoms with van der Waals surface area (Å²) < 4.78 is 1.92. The van der Waals surface area contributed by atoms with E-state index in [4.69, 9.17) is 23.2 Å². The van der Waals surface area contributed by atoms with Gasteiger partial charge in [-0.1, -0.05) is 29.3 Å². The fourth-order valence-electron chi connectivity index (χ4n) is 2.10. The molecule has 1 aromatic carbocycles. The van der Waals surface area contributed by atoms with Gasteiger partial charge in [0.1, 0.15) is 0 Å². The van der Waals surface area contributed by atoms with Gasteiger partial charge >= 0.3 is 0 Å². The van der Waals surface area contributed by atoms with Crippen LogP contribution in [0.3, 0.4) is 0 Å². The van der Waals surface area contributed by atoms with E-state index in [0.717, 1.165) is 28.9 Å². The van der Waals surface area contributed by atoms with Crippen LogP contribution in [0, 0.1) is 20.8 Å². The first kappa shape index (κ1) is 13.2. The monoisotopic (exact) mass is 281 g/mol. The highest BCUT2D eigenvalue weighted by Gasteiger charge is 2.16. The average molecular weight is 282 g/mol. The lowest BCUT2D eigenvalue weighted by Gasteiger charge is -2.15. The van der Waals surface area contributed by atoms with Crippen molar-refractivity contribution in [2.45, 2.75) is 20.8 Å². The molecular formula is C14H13Cl2NO. The van der Waals surface area contributed by atoms with Crippen LogP contribution in [0.15, 0.2) is 18.2 Å². The maximum Gasteiger partial charge on any atom is 0.151 e. The molecule has 0 aliphatic rings. The quantitative estimate of drug-likeness (QED) is 0.742. The number of hydrogen-bond donors (Lipinski definition) is 0. The van der Waals surface area contributed by atoms with Crippen LogP contribution >= 0.6 is 23.2 Å². The average Bonchev–Trinajstić information content (AvgIpc) is 2.61. The number of rotatable bonds is 2. The summed E-state index contributed by atoms with van der Waals surface area (Å²) in [5.74, 6) is 0. The normalized spacial score (nSPS) is 10.7. The third-order valence-corrected chi connectivity index (χ3v) is 3.86. The Morgan fingerprint density at radius 2 is 1.83 bits per heavy atom. The summed E-state index contributed by atoms with van der Waals surface area (Å²) in [5, 5.41) is 1.19. The van der Waals surface area contributed by atoms with E-state index in [9.17, 15) is 4.79 Å². The van der Waals surface area contributed by atoms with Crippen molar-refractivity contribution in [3.8, 4) is 5.69 Å². The smallest absolute Gasteiger partial charge is 0.151 e. The van der Waals surface area contributed by atoms with Gasteiger partial charge in [0.15, 0.2) is 6.29 Å². The standard InChI is InChI=1S/C14H13Cl2NO/c1-8-4-5-12(15)14(13(8)16)17-9(2)6-11(7-18)10(17)3/h4-7H,1-3H3. The first-order valence-corrected chi connectivity index (χ1v) is 6.32. The Morgan fingerprint density at radius 1 is 1.17 bits per heavy atom. The zero-order valence-electron chi connectivity index (χ0n) is 10.4. The summed E-state index contributed by atoms with van der Waals surface area (Å²) in [6, 6.07) is 5.53. The van der Waals surface area contributed by atoms with Crippen LogP contribution in [0.5, 0.6) is 0 Å². The van der Waals surface area contributed by atoms with E-state index in [-0.39, 0.29) is 0 Å². The van der Waals surface area contributed by atoms with Crippen molar-refractivity contribution in [1.82, 2.24) is 4.57 Å². The van der Waals surface area contributed by atoms with Crippen molar-refractivity contribution < 1.29 is 4.79 Å². The van der Waals surface area contributed by atoms with Crippen LogP contribution in [-0.4, -0.2) is 10.9 Å². The number of benzene rings is 1. The summed E-state index contributed by atoms with van der Waals surface area (Å²) in [6.07, 6.45) is 0.844. The summed E-state index contributed by atoms with van der Waals surface area (Å²) in [5.41, 5.74) is 4.12. The Morgan fingerprint density at radius 3 is 2.39 bits per heavy atom. The highest BCUT2D eigenvalue weighted by Crippen LogP contribution is 2.34. The van der Waals surface area contributed by atoms with Gasteiger partial charge in [-0.2, -0.15) is 0 Å². The van der Waals surface area contributed by atoms with Gasteiger partial charge in [0.2, 0.25) is 0 Å². The van der Waals surface area contributed by atoms with Crippen molar-refractivity contribution in [2.24, 2.45) is 0 Å². The number of aldehydes is 1. The molecule has 4 heteroatoms. The highest BCUT2D eigenvalue weighted by molar-refractivity contribution is 6.38. The SMILES string of the molecule is Cc1ccc(Cl)c(-n2c(C)cc(C=O)c2C)c1Cl. The Kier molecular flexibility index (Phi) is 3.51. The lowest BCUT2D eigenvalue weighted by Crippen LogP contribution is -2.02. The van der Waals surface area contributed by atoms with Crippen molar-refractivity contribution in [3.63, 3.8) is 0 Å². The number of hydrogen-bond acceptors (Lipinski definition) is 1. The van der Waals surface area contributed by atoms with Crippen molar-refractivity contribution in [2.75, 3.05) is 0 Å². The van der Waals surface area contributed by atoms with Crippen LogP contribution in [0.4, 0.5) is 0 Å². The van der Waals surface area contributed by atoms with Crippen LogP contribution in [0.2, 0.25) is 10.0 Å². The third-order valence-electron chi connectivity index (χ3n) is 3.08. The molecule has 2 rings (SSSR count). The molecule has 2 nitrogen and oxygen atoms in total. The second-order valence-corrected chi connectivity index (χ2v) is 5.09. The van der Waals surface area contributed by atoms with Gasteiger partial charge in [-0.3, -0.25) is 4.79 Å². The second-order valence-electron chi connectivity index (χ2n) is 4.31. The molecule has 0 amide bonds. The zero-order valence-corrected chi connectivity index (χ0v) is 11.9. The molecule has 0 saturated heterocycles. The zero-order chi connectivity index (χ0) is 13.4. The predicted molar refractivity (Wildman–Crippen MR) is 75.4 cm³/mol. The van der Waals surface area contributed by atoms with Gasteiger partial charge in [-0.05, 0) is 38.5 Å². The number of aromatic nitrogens is 1. The van der Waals surface area contributed by atoms with Crippen molar-refractivity contribution in [3.05, 3.63) is 50.8 Å². The van der Waals surface area contributed by atoms with E-state index in [1.165, 1.54) is 0 Å². The summed E-state index contributed by atoms with van der Waals surface area (Å²) in [4.78, 5) is 11.0. The lowest BCUT2D eigenvalue weighted by molar-refractivity contribution is 0.112. The highest BCUT2D eigenvalue weighted by atomic mass is 35.5. The van der Waals surface area contributed by atoms with E-state index in [1.54, 1.807) is 0 Å². The van der Waals surface area contributed by atoms with Gasteiger partial charge in [0, 0.05) is 17.0 Å². The molecule has 0 aliphatic heterocycles. The predicted octanol–water partition coefficient (Wildman–Crippen LogP) is 4.52. The van der Waals surface area contributed by atoms with E-state index < -0.39 is 0 Å². The molecule has 94 valence electrons. The second kappa shape index (κ2) is 4.79. The Hall–Kier alpha value is -1.25. The molecule has 0 N–H and O–H groups in total. The third kappa shape index (κ3) is 1.96. The maximum absolute atomic E-state index is 11.0. The molecule has 0 bridgehead atoms. The molecule has 0 spiro atoms. The first-order chi connectivity index (χ1) is 8.47. The number of halogens is 2. The Balaban J connectivity index is 2.81. The molecule has 0 radical (unpaired) electrons. The maximum atomic E-state index is 11.0. The number of nitrogens with zero attached hydrogens (tertiary/aromatic N) is 1. The molecule has 0 aliphatic carbocycles. The molecule has 0 atom stereocenters. The molecule has 0 unspecified atom stereocenters. The molecule has 0 saturated carbocycles. The number of carbonyl (C=O) groups is 1. The number of aryl methyl sites for hydroxylation is 2. The largest absolute Gasteiger partial charge is 0.315 e. The topological polar surface area (TPSA) is 22.0 Å². The molecule has 1 heterocycles. The van der Waals surface area contributed by atoms with Crippen LogP contribution in [-0.2, 0) is 0 Å². The number of carbonyl (C=O) groups excluding carboxylic acids is 1. The summed E-state index contributed by atoms with van der Waals surface area (Å²) in [7, 11) is 0. The van der Waals surface area contributed by atoms with E-state index >= 15 is 0 Å². The minimum atomic E-state index is 0.574. The first-order valence-electron chi connectivity index (χ1n) is 5.56. The molecular weight excluding hydrogens is 269 g/mol. The summed E-state index contributed by atoms with van der Waals surface area (Å²) >= 11 is 12.6. The molecule has 2 aromatic rings. The van der Waals surface area contributed by atoms with Gasteiger partial charge in [-0.15, -0.1) is 0 Å². The molecule has 0 fully saturated rings. The van der Waals surface area contributed by atoms with Gasteiger partial charge in [-0.25, -0.2) is 0 Å². The van der Waals surface area contributed by atoms with E-state index in [0.29, 0.717) is 15.6 Å². The molecule has 1 aromatic heterocycles. The van der Waals surface area contributed by atoms with Crippen LogP contribution < -0.4 is 0 Å². The fourth-order valence-corrected chi connectivity index (χ4v) is 2.64.